The number of aromatic hydroxyl groups is 1. The van der Waals surface area contributed by atoms with Gasteiger partial charge in [0.15, 0.2) is 0 Å². The SMILES string of the molecule is O=C(O)c1ccc(-c2cc(C3CCCCC3)c(O)c(-n3nc4ccc(Sc5ccccc5)cc4n3)c2)cc1. The standard InChI is InChI=1S/C31H27N3O3S/c35-30-26(21-7-3-1-4-8-21)17-23(20-11-13-22(14-12-20)31(36)37)18-29(30)34-32-27-16-15-25(19-28(27)33-34)38-24-9-5-2-6-10-24/h2,5-6,9-19,21,35H,1,3-4,7-8H2,(H,36,37). The number of carbonyl (C=O) groups is 1. The molecule has 1 saturated carbocycles. The molecule has 0 spiro atoms. The average molecular weight is 522 g/mol. The topological polar surface area (TPSA) is 88.2 Å². The molecule has 2 N–H and O–H groups in total. The normalized spacial score (nSPS) is 14.1. The third-order valence-corrected chi connectivity index (χ3v) is 8.17. The Morgan fingerprint density at radius 1 is 0.789 bits per heavy atom. The summed E-state index contributed by atoms with van der Waals surface area (Å²) in [6.07, 6.45) is 5.56. The van der Waals surface area contributed by atoms with Gasteiger partial charge in [0.25, 0.3) is 0 Å². The minimum Gasteiger partial charge on any atom is -0.505 e. The first kappa shape index (κ1) is 24.2. The predicted molar refractivity (Wildman–Crippen MR) is 149 cm³/mol. The summed E-state index contributed by atoms with van der Waals surface area (Å²) < 4.78 is 0. The van der Waals surface area contributed by atoms with Crippen LogP contribution in [0.3, 0.4) is 0 Å². The highest BCUT2D eigenvalue weighted by Crippen LogP contribution is 2.42. The Morgan fingerprint density at radius 2 is 1.53 bits per heavy atom. The highest BCUT2D eigenvalue weighted by Gasteiger charge is 2.23. The molecule has 1 aliphatic rings. The van der Waals surface area contributed by atoms with E-state index in [4.69, 9.17) is 10.2 Å². The fourth-order valence-corrected chi connectivity index (χ4v) is 6.05. The largest absolute Gasteiger partial charge is 0.505 e. The van der Waals surface area contributed by atoms with E-state index in [9.17, 15) is 15.0 Å². The number of carboxylic acids is 1. The summed E-state index contributed by atoms with van der Waals surface area (Å²) in [6.45, 7) is 0. The van der Waals surface area contributed by atoms with Gasteiger partial charge in [-0.2, -0.15) is 0 Å². The first-order valence-corrected chi connectivity index (χ1v) is 13.7. The monoisotopic (exact) mass is 521 g/mol. The van der Waals surface area contributed by atoms with E-state index in [0.717, 1.165) is 63.2 Å². The molecule has 0 radical (unpaired) electrons. The molecule has 0 atom stereocenters. The number of aromatic carboxylic acids is 1. The molecular formula is C31H27N3O3S. The maximum Gasteiger partial charge on any atom is 0.335 e. The molecule has 1 heterocycles. The number of hydrogen-bond acceptors (Lipinski definition) is 5. The van der Waals surface area contributed by atoms with Gasteiger partial charge in [-0.05, 0) is 90.0 Å². The van der Waals surface area contributed by atoms with E-state index in [-0.39, 0.29) is 17.2 Å². The number of phenolic OH excluding ortho intramolecular Hbond substituents is 1. The van der Waals surface area contributed by atoms with Crippen molar-refractivity contribution in [3.63, 3.8) is 0 Å². The smallest absolute Gasteiger partial charge is 0.335 e. The Hall–Kier alpha value is -4.10. The Balaban J connectivity index is 1.43. The lowest BCUT2D eigenvalue weighted by Crippen LogP contribution is -2.08. The molecule has 5 aromatic rings. The minimum atomic E-state index is -0.955. The lowest BCUT2D eigenvalue weighted by Gasteiger charge is -2.24. The molecule has 1 aromatic heterocycles. The number of hydrogen-bond donors (Lipinski definition) is 2. The molecule has 190 valence electrons. The molecule has 0 aliphatic heterocycles. The number of aromatic nitrogens is 3. The van der Waals surface area contributed by atoms with Crippen molar-refractivity contribution in [2.75, 3.05) is 0 Å². The first-order valence-electron chi connectivity index (χ1n) is 12.9. The van der Waals surface area contributed by atoms with E-state index < -0.39 is 5.97 Å². The van der Waals surface area contributed by atoms with Crippen molar-refractivity contribution in [2.24, 2.45) is 0 Å². The molecule has 6 nitrogen and oxygen atoms in total. The third kappa shape index (κ3) is 4.89. The summed E-state index contributed by atoms with van der Waals surface area (Å²) in [4.78, 5) is 15.1. The van der Waals surface area contributed by atoms with E-state index in [2.05, 4.69) is 12.1 Å². The zero-order valence-corrected chi connectivity index (χ0v) is 21.6. The summed E-state index contributed by atoms with van der Waals surface area (Å²) in [6, 6.07) is 27.0. The van der Waals surface area contributed by atoms with Crippen LogP contribution in [0.2, 0.25) is 0 Å². The number of fused-ring (bicyclic) bond motifs is 1. The molecule has 0 bridgehead atoms. The summed E-state index contributed by atoms with van der Waals surface area (Å²) in [5, 5.41) is 30.2. The van der Waals surface area contributed by atoms with Gasteiger partial charge in [0.05, 0.1) is 5.56 Å². The molecule has 0 amide bonds. The Bertz CT molecular complexity index is 1610. The van der Waals surface area contributed by atoms with E-state index in [1.54, 1.807) is 23.9 Å². The number of rotatable bonds is 6. The minimum absolute atomic E-state index is 0.210. The Morgan fingerprint density at radius 3 is 2.26 bits per heavy atom. The summed E-state index contributed by atoms with van der Waals surface area (Å²) in [5.41, 5.74) is 4.95. The summed E-state index contributed by atoms with van der Waals surface area (Å²) in [7, 11) is 0. The molecule has 0 saturated heterocycles. The molecule has 38 heavy (non-hydrogen) atoms. The van der Waals surface area contributed by atoms with Gasteiger partial charge >= 0.3 is 5.97 Å². The maximum atomic E-state index is 11.5. The van der Waals surface area contributed by atoms with Gasteiger partial charge in [0.1, 0.15) is 22.5 Å². The molecule has 1 fully saturated rings. The van der Waals surface area contributed by atoms with Crippen molar-refractivity contribution in [3.8, 4) is 22.6 Å². The number of carboxylic acid groups (broad SMARTS) is 1. The summed E-state index contributed by atoms with van der Waals surface area (Å²) >= 11 is 1.67. The van der Waals surface area contributed by atoms with Crippen LogP contribution >= 0.6 is 11.8 Å². The van der Waals surface area contributed by atoms with Crippen molar-refractivity contribution >= 4 is 28.8 Å². The van der Waals surface area contributed by atoms with E-state index in [1.807, 2.05) is 60.7 Å². The Labute approximate surface area is 225 Å². The molecule has 4 aromatic carbocycles. The lowest BCUT2D eigenvalue weighted by molar-refractivity contribution is 0.0697. The third-order valence-electron chi connectivity index (χ3n) is 7.18. The van der Waals surface area contributed by atoms with Crippen LogP contribution in [0.1, 0.15) is 53.9 Å². The quantitative estimate of drug-likeness (QED) is 0.238. The van der Waals surface area contributed by atoms with Gasteiger partial charge in [-0.1, -0.05) is 61.4 Å². The van der Waals surface area contributed by atoms with E-state index in [0.29, 0.717) is 5.69 Å². The number of phenols is 1. The van der Waals surface area contributed by atoms with Crippen molar-refractivity contribution in [2.45, 2.75) is 47.8 Å². The van der Waals surface area contributed by atoms with Gasteiger partial charge in [-0.15, -0.1) is 15.0 Å². The highest BCUT2D eigenvalue weighted by molar-refractivity contribution is 7.99. The van der Waals surface area contributed by atoms with E-state index in [1.165, 1.54) is 11.2 Å². The van der Waals surface area contributed by atoms with Gasteiger partial charge in [0, 0.05) is 9.79 Å². The summed E-state index contributed by atoms with van der Waals surface area (Å²) in [5.74, 6) is -0.482. The molecule has 7 heteroatoms. The fraction of sp³-hybridized carbons (Fsp3) is 0.194. The lowest BCUT2D eigenvalue weighted by atomic mass is 9.82. The molecule has 6 rings (SSSR count). The van der Waals surface area contributed by atoms with Crippen LogP contribution in [0.4, 0.5) is 0 Å². The Kier molecular flexibility index (Phi) is 6.60. The van der Waals surface area contributed by atoms with Gasteiger partial charge in [-0.3, -0.25) is 0 Å². The fourth-order valence-electron chi connectivity index (χ4n) is 5.18. The van der Waals surface area contributed by atoms with Crippen molar-refractivity contribution < 1.29 is 15.0 Å². The number of nitrogens with zero attached hydrogens (tertiary/aromatic N) is 3. The van der Waals surface area contributed by atoms with Crippen molar-refractivity contribution in [3.05, 3.63) is 96.1 Å². The second kappa shape index (κ2) is 10.3. The van der Waals surface area contributed by atoms with Crippen LogP contribution in [-0.2, 0) is 0 Å². The average Bonchev–Trinajstić information content (AvgIpc) is 3.37. The first-order chi connectivity index (χ1) is 18.5. The van der Waals surface area contributed by atoms with Crippen LogP contribution in [0.15, 0.2) is 94.7 Å². The predicted octanol–water partition coefficient (Wildman–Crippen LogP) is 7.69. The molecule has 0 unspecified atom stereocenters. The van der Waals surface area contributed by atoms with Gasteiger partial charge in [0.2, 0.25) is 0 Å². The second-order valence-electron chi connectivity index (χ2n) is 9.71. The highest BCUT2D eigenvalue weighted by atomic mass is 32.2. The van der Waals surface area contributed by atoms with Crippen LogP contribution < -0.4 is 0 Å². The van der Waals surface area contributed by atoms with Crippen LogP contribution in [0.5, 0.6) is 5.75 Å². The van der Waals surface area contributed by atoms with Crippen LogP contribution in [0, 0.1) is 0 Å². The van der Waals surface area contributed by atoms with Crippen molar-refractivity contribution in [1.82, 2.24) is 15.0 Å². The molecular weight excluding hydrogens is 494 g/mol. The maximum absolute atomic E-state index is 11.5. The van der Waals surface area contributed by atoms with Gasteiger partial charge in [-0.25, -0.2) is 4.79 Å². The van der Waals surface area contributed by atoms with Crippen LogP contribution in [0.25, 0.3) is 27.8 Å². The van der Waals surface area contributed by atoms with Crippen LogP contribution in [-0.4, -0.2) is 31.2 Å². The zero-order valence-electron chi connectivity index (χ0n) is 20.7. The van der Waals surface area contributed by atoms with Crippen molar-refractivity contribution in [1.29, 1.82) is 0 Å². The molecule has 1 aliphatic carbocycles. The second-order valence-corrected chi connectivity index (χ2v) is 10.9. The zero-order chi connectivity index (χ0) is 26.1. The van der Waals surface area contributed by atoms with E-state index >= 15 is 0 Å². The number of benzene rings is 4. The van der Waals surface area contributed by atoms with Gasteiger partial charge < -0.3 is 10.2 Å².